The lowest BCUT2D eigenvalue weighted by molar-refractivity contribution is 0.562. The Labute approximate surface area is 157 Å². The second kappa shape index (κ2) is 6.58. The molecule has 0 fully saturated rings. The molecule has 0 N–H and O–H groups in total. The van der Waals surface area contributed by atoms with Crippen molar-refractivity contribution in [3.05, 3.63) is 58.4 Å². The van der Waals surface area contributed by atoms with Gasteiger partial charge in [-0.15, -0.1) is 0 Å². The number of benzene rings is 2. The lowest BCUT2D eigenvalue weighted by Gasteiger charge is -2.21. The molecule has 0 bridgehead atoms. The van der Waals surface area contributed by atoms with Crippen LogP contribution in [0, 0.1) is 6.92 Å². The molecule has 2 aromatic carbocycles. The van der Waals surface area contributed by atoms with Crippen molar-refractivity contribution in [2.45, 2.75) is 20.8 Å². The molecule has 5 nitrogen and oxygen atoms in total. The molecule has 5 heteroatoms. The zero-order chi connectivity index (χ0) is 19.1. The van der Waals surface area contributed by atoms with Gasteiger partial charge in [-0.05, 0) is 56.7 Å². The average molecular weight is 361 g/mol. The van der Waals surface area contributed by atoms with Gasteiger partial charge in [-0.3, -0.25) is 0 Å². The summed E-state index contributed by atoms with van der Waals surface area (Å²) in [5, 5.41) is 0.892. The molecular weight excluding hydrogens is 338 g/mol. The van der Waals surface area contributed by atoms with E-state index in [1.165, 1.54) is 0 Å². The normalized spacial score (nSPS) is 11.4. The Hall–Kier alpha value is -3.08. The van der Waals surface area contributed by atoms with Gasteiger partial charge in [-0.1, -0.05) is 6.07 Å². The van der Waals surface area contributed by atoms with Crippen molar-refractivity contribution >= 4 is 27.7 Å². The molecule has 4 aromatic rings. The van der Waals surface area contributed by atoms with Gasteiger partial charge in [0.2, 0.25) is 0 Å². The van der Waals surface area contributed by atoms with Crippen molar-refractivity contribution in [1.29, 1.82) is 0 Å². The fraction of sp³-hybridized carbons (Fsp3) is 0.273. The van der Waals surface area contributed by atoms with E-state index in [1.54, 1.807) is 0 Å². The molecule has 0 spiro atoms. The lowest BCUT2D eigenvalue weighted by Crippen LogP contribution is -2.21. The summed E-state index contributed by atoms with van der Waals surface area (Å²) in [7, 11) is 1.92. The fourth-order valence-electron chi connectivity index (χ4n) is 3.59. The van der Waals surface area contributed by atoms with E-state index in [0.717, 1.165) is 40.8 Å². The predicted octanol–water partition coefficient (Wildman–Crippen LogP) is 4.50. The Morgan fingerprint density at radius 2 is 1.85 bits per heavy atom. The molecule has 0 unspecified atom stereocenters. The molecule has 0 aliphatic rings. The van der Waals surface area contributed by atoms with E-state index >= 15 is 0 Å². The predicted molar refractivity (Wildman–Crippen MR) is 110 cm³/mol. The number of hydrogen-bond donors (Lipinski definition) is 0. The Morgan fingerprint density at radius 1 is 1.07 bits per heavy atom. The minimum absolute atomic E-state index is 0.366. The Balaban J connectivity index is 1.88. The van der Waals surface area contributed by atoms with E-state index in [2.05, 4.69) is 29.8 Å². The Kier molecular flexibility index (Phi) is 4.22. The highest BCUT2D eigenvalue weighted by Gasteiger charge is 2.16. The lowest BCUT2D eigenvalue weighted by atomic mass is 10.1. The highest BCUT2D eigenvalue weighted by molar-refractivity contribution is 5.86. The number of anilines is 1. The molecule has 0 aliphatic heterocycles. The second-order valence-corrected chi connectivity index (χ2v) is 6.83. The highest BCUT2D eigenvalue weighted by atomic mass is 16.4. The first-order chi connectivity index (χ1) is 13.0. The zero-order valence-corrected chi connectivity index (χ0v) is 16.1. The molecule has 27 heavy (non-hydrogen) atoms. The molecule has 0 saturated carbocycles. The van der Waals surface area contributed by atoms with Crippen LogP contribution in [0.15, 0.2) is 51.7 Å². The van der Waals surface area contributed by atoms with Crippen molar-refractivity contribution in [2.75, 3.05) is 18.0 Å². The first kappa shape index (κ1) is 17.3. The van der Waals surface area contributed by atoms with Crippen LogP contribution in [0.2, 0.25) is 0 Å². The quantitative estimate of drug-likeness (QED) is 0.502. The minimum Gasteiger partial charge on any atom is -0.422 e. The van der Waals surface area contributed by atoms with Crippen LogP contribution in [0.5, 0.6) is 0 Å². The molecule has 4 rings (SSSR count). The summed E-state index contributed by atoms with van der Waals surface area (Å²) in [6.45, 7) is 8.07. The third-order valence-electron chi connectivity index (χ3n) is 5.13. The Bertz CT molecular complexity index is 1200. The number of aromatic nitrogens is 2. The first-order valence-corrected chi connectivity index (χ1v) is 9.28. The smallest absolute Gasteiger partial charge is 0.347 e. The zero-order valence-electron chi connectivity index (χ0n) is 16.1. The average Bonchev–Trinajstić information content (AvgIpc) is 2.97. The van der Waals surface area contributed by atoms with Crippen LogP contribution in [-0.4, -0.2) is 22.6 Å². The minimum atomic E-state index is -0.366. The molecular formula is C22H23N3O2. The molecule has 0 saturated heterocycles. The topological polar surface area (TPSA) is 51.3 Å². The fourth-order valence-corrected chi connectivity index (χ4v) is 3.59. The van der Waals surface area contributed by atoms with Crippen LogP contribution in [0.25, 0.3) is 33.4 Å². The van der Waals surface area contributed by atoms with Crippen molar-refractivity contribution in [3.63, 3.8) is 0 Å². The van der Waals surface area contributed by atoms with E-state index < -0.39 is 0 Å². The molecule has 138 valence electrons. The number of aryl methyl sites for hydroxylation is 2. The third kappa shape index (κ3) is 2.89. The summed E-state index contributed by atoms with van der Waals surface area (Å²) in [5.74, 6) is 0.624. The van der Waals surface area contributed by atoms with Gasteiger partial charge in [0.05, 0.1) is 11.0 Å². The number of imidazole rings is 1. The van der Waals surface area contributed by atoms with Gasteiger partial charge in [0, 0.05) is 37.3 Å². The molecule has 0 radical (unpaired) electrons. The standard InChI is InChI=1S/C22H23N3O2/c1-5-25(6-2)16-9-8-15-12-17(22(26)27-20(15)13-16)21-23-18-11-14(3)7-10-19(18)24(21)4/h7-13H,5-6H2,1-4H3. The Morgan fingerprint density at radius 3 is 2.59 bits per heavy atom. The summed E-state index contributed by atoms with van der Waals surface area (Å²) >= 11 is 0. The van der Waals surface area contributed by atoms with E-state index in [9.17, 15) is 4.79 Å². The molecule has 0 atom stereocenters. The maximum atomic E-state index is 12.7. The monoisotopic (exact) mass is 361 g/mol. The van der Waals surface area contributed by atoms with Gasteiger partial charge in [0.25, 0.3) is 0 Å². The van der Waals surface area contributed by atoms with Gasteiger partial charge in [0.15, 0.2) is 0 Å². The number of rotatable bonds is 4. The van der Waals surface area contributed by atoms with Crippen LogP contribution >= 0.6 is 0 Å². The van der Waals surface area contributed by atoms with E-state index in [-0.39, 0.29) is 5.63 Å². The molecule has 2 heterocycles. The van der Waals surface area contributed by atoms with Crippen molar-refractivity contribution in [3.8, 4) is 11.4 Å². The highest BCUT2D eigenvalue weighted by Crippen LogP contribution is 2.27. The van der Waals surface area contributed by atoms with Crippen molar-refractivity contribution in [2.24, 2.45) is 7.05 Å². The van der Waals surface area contributed by atoms with E-state index in [1.807, 2.05) is 54.9 Å². The van der Waals surface area contributed by atoms with Gasteiger partial charge < -0.3 is 13.9 Å². The van der Waals surface area contributed by atoms with Crippen LogP contribution in [0.4, 0.5) is 5.69 Å². The molecule has 0 amide bonds. The maximum absolute atomic E-state index is 12.7. The summed E-state index contributed by atoms with van der Waals surface area (Å²) in [6, 6.07) is 14.0. The van der Waals surface area contributed by atoms with Crippen LogP contribution in [-0.2, 0) is 7.05 Å². The summed E-state index contributed by atoms with van der Waals surface area (Å²) in [5.41, 5.74) is 4.78. The second-order valence-electron chi connectivity index (χ2n) is 6.83. The SMILES string of the molecule is CCN(CC)c1ccc2cc(-c3nc4cc(C)ccc4n3C)c(=O)oc2c1. The van der Waals surface area contributed by atoms with Crippen molar-refractivity contribution < 1.29 is 4.42 Å². The van der Waals surface area contributed by atoms with Gasteiger partial charge in [0.1, 0.15) is 17.0 Å². The van der Waals surface area contributed by atoms with Gasteiger partial charge >= 0.3 is 5.63 Å². The molecule has 0 aliphatic carbocycles. The van der Waals surface area contributed by atoms with Crippen LogP contribution in [0.3, 0.4) is 0 Å². The maximum Gasteiger partial charge on any atom is 0.347 e. The summed E-state index contributed by atoms with van der Waals surface area (Å²) < 4.78 is 7.61. The van der Waals surface area contributed by atoms with Gasteiger partial charge in [-0.25, -0.2) is 9.78 Å². The van der Waals surface area contributed by atoms with Crippen LogP contribution < -0.4 is 10.5 Å². The summed E-state index contributed by atoms with van der Waals surface area (Å²) in [6.07, 6.45) is 0. The number of fused-ring (bicyclic) bond motifs is 2. The van der Waals surface area contributed by atoms with E-state index in [4.69, 9.17) is 4.42 Å². The first-order valence-electron chi connectivity index (χ1n) is 9.28. The number of hydrogen-bond acceptors (Lipinski definition) is 4. The summed E-state index contributed by atoms with van der Waals surface area (Å²) in [4.78, 5) is 19.6. The van der Waals surface area contributed by atoms with Crippen molar-refractivity contribution in [1.82, 2.24) is 9.55 Å². The van der Waals surface area contributed by atoms with Crippen LogP contribution in [0.1, 0.15) is 19.4 Å². The molecule has 2 aromatic heterocycles. The third-order valence-corrected chi connectivity index (χ3v) is 5.13. The van der Waals surface area contributed by atoms with E-state index in [0.29, 0.717) is 17.0 Å². The number of nitrogens with zero attached hydrogens (tertiary/aromatic N) is 3. The van der Waals surface area contributed by atoms with Gasteiger partial charge in [-0.2, -0.15) is 0 Å². The largest absolute Gasteiger partial charge is 0.422 e.